The van der Waals surface area contributed by atoms with Crippen LogP contribution in [-0.4, -0.2) is 14.6 Å². The average molecular weight is 326 g/mol. The van der Waals surface area contributed by atoms with E-state index in [1.807, 2.05) is 28.8 Å². The van der Waals surface area contributed by atoms with Gasteiger partial charge in [0.1, 0.15) is 0 Å². The minimum Gasteiger partial charge on any atom is -0.277 e. The second kappa shape index (κ2) is 4.80. The molecule has 0 aliphatic rings. The van der Waals surface area contributed by atoms with Gasteiger partial charge in [0.15, 0.2) is 10.8 Å². The summed E-state index contributed by atoms with van der Waals surface area (Å²) in [5.74, 6) is 0.923. The Hall–Kier alpha value is -0.850. The fourth-order valence-corrected chi connectivity index (χ4v) is 3.93. The van der Waals surface area contributed by atoms with Crippen molar-refractivity contribution in [3.63, 3.8) is 0 Å². The van der Waals surface area contributed by atoms with Gasteiger partial charge in [0.05, 0.1) is 3.79 Å². The van der Waals surface area contributed by atoms with Crippen LogP contribution in [0.25, 0.3) is 5.65 Å². The van der Waals surface area contributed by atoms with Gasteiger partial charge >= 0.3 is 0 Å². The fraction of sp³-hybridized carbons (Fsp3) is 0.0909. The third kappa shape index (κ3) is 2.38. The molecule has 3 aromatic rings. The summed E-state index contributed by atoms with van der Waals surface area (Å²) in [6.45, 7) is 0. The van der Waals surface area contributed by atoms with E-state index in [0.717, 1.165) is 16.6 Å². The Morgan fingerprint density at radius 2 is 2.18 bits per heavy atom. The third-order valence-corrected chi connectivity index (χ3v) is 5.05. The molecule has 0 amide bonds. The van der Waals surface area contributed by atoms with Gasteiger partial charge in [0.25, 0.3) is 0 Å². The molecular weight excluding hydrogens is 318 g/mol. The number of nitrogens with zero attached hydrogens (tertiary/aromatic N) is 3. The topological polar surface area (TPSA) is 30.2 Å². The molecule has 0 radical (unpaired) electrons. The van der Waals surface area contributed by atoms with Crippen LogP contribution in [0.15, 0.2) is 45.5 Å². The van der Waals surface area contributed by atoms with Crippen molar-refractivity contribution in [3.05, 3.63) is 45.2 Å². The molecule has 3 aromatic heterocycles. The van der Waals surface area contributed by atoms with E-state index in [1.165, 1.54) is 8.66 Å². The Bertz CT molecular complexity index is 647. The molecule has 6 heteroatoms. The first kappa shape index (κ1) is 11.3. The van der Waals surface area contributed by atoms with Crippen LogP contribution in [-0.2, 0) is 5.75 Å². The van der Waals surface area contributed by atoms with Crippen molar-refractivity contribution in [3.8, 4) is 0 Å². The molecular formula is C11H8BrN3S2. The maximum atomic E-state index is 4.19. The highest BCUT2D eigenvalue weighted by atomic mass is 79.9. The van der Waals surface area contributed by atoms with Gasteiger partial charge in [0.2, 0.25) is 0 Å². The molecule has 0 aliphatic heterocycles. The standard InChI is InChI=1S/C11H8BrN3S2/c12-9-5-4-8(17-9)7-16-11-14-13-10-3-1-2-6-15(10)11/h1-6H,7H2. The lowest BCUT2D eigenvalue weighted by Gasteiger charge is -1.97. The molecule has 0 fully saturated rings. The summed E-state index contributed by atoms with van der Waals surface area (Å²) in [5.41, 5.74) is 0.891. The molecule has 17 heavy (non-hydrogen) atoms. The van der Waals surface area contributed by atoms with E-state index in [4.69, 9.17) is 0 Å². The largest absolute Gasteiger partial charge is 0.277 e. The first-order chi connectivity index (χ1) is 8.33. The fourth-order valence-electron chi connectivity index (χ4n) is 1.48. The van der Waals surface area contributed by atoms with Gasteiger partial charge in [-0.1, -0.05) is 17.8 Å². The van der Waals surface area contributed by atoms with Crippen molar-refractivity contribution in [1.82, 2.24) is 14.6 Å². The van der Waals surface area contributed by atoms with E-state index in [9.17, 15) is 0 Å². The summed E-state index contributed by atoms with van der Waals surface area (Å²) < 4.78 is 3.17. The predicted molar refractivity (Wildman–Crippen MR) is 74.6 cm³/mol. The molecule has 0 aliphatic carbocycles. The Kier molecular flexibility index (Phi) is 3.17. The summed E-state index contributed by atoms with van der Waals surface area (Å²) in [5, 5.41) is 9.24. The summed E-state index contributed by atoms with van der Waals surface area (Å²) in [6.07, 6.45) is 1.99. The Labute approximate surface area is 115 Å². The van der Waals surface area contributed by atoms with Crippen LogP contribution in [0.1, 0.15) is 4.88 Å². The summed E-state index contributed by atoms with van der Waals surface area (Å²) >= 11 is 6.92. The molecule has 0 unspecified atom stereocenters. The summed E-state index contributed by atoms with van der Waals surface area (Å²) in [6, 6.07) is 10.1. The van der Waals surface area contributed by atoms with Crippen LogP contribution in [0.5, 0.6) is 0 Å². The second-order valence-electron chi connectivity index (χ2n) is 3.41. The number of thiophene rings is 1. The van der Waals surface area contributed by atoms with Crippen LogP contribution in [0.4, 0.5) is 0 Å². The highest BCUT2D eigenvalue weighted by Gasteiger charge is 2.06. The third-order valence-electron chi connectivity index (χ3n) is 2.25. The number of thioether (sulfide) groups is 1. The lowest BCUT2D eigenvalue weighted by molar-refractivity contribution is 0.921. The van der Waals surface area contributed by atoms with Crippen molar-refractivity contribution in [2.24, 2.45) is 0 Å². The van der Waals surface area contributed by atoms with E-state index >= 15 is 0 Å². The number of hydrogen-bond acceptors (Lipinski definition) is 4. The van der Waals surface area contributed by atoms with Crippen molar-refractivity contribution in [2.75, 3.05) is 0 Å². The van der Waals surface area contributed by atoms with Gasteiger partial charge in [-0.3, -0.25) is 4.40 Å². The van der Waals surface area contributed by atoms with Gasteiger partial charge in [-0.25, -0.2) is 0 Å². The predicted octanol–water partition coefficient (Wildman–Crippen LogP) is 3.85. The van der Waals surface area contributed by atoms with Crippen LogP contribution in [0.2, 0.25) is 0 Å². The van der Waals surface area contributed by atoms with Gasteiger partial charge in [-0.05, 0) is 40.2 Å². The monoisotopic (exact) mass is 325 g/mol. The van der Waals surface area contributed by atoms with Crippen LogP contribution in [0.3, 0.4) is 0 Å². The van der Waals surface area contributed by atoms with E-state index in [-0.39, 0.29) is 0 Å². The zero-order chi connectivity index (χ0) is 11.7. The molecule has 86 valence electrons. The molecule has 0 bridgehead atoms. The number of halogens is 1. The number of hydrogen-bond donors (Lipinski definition) is 0. The average Bonchev–Trinajstić information content (AvgIpc) is 2.93. The quantitative estimate of drug-likeness (QED) is 0.685. The highest BCUT2D eigenvalue weighted by molar-refractivity contribution is 9.11. The maximum absolute atomic E-state index is 4.19. The molecule has 0 spiro atoms. The normalized spacial score (nSPS) is 11.1. The minimum absolute atomic E-state index is 0.891. The molecule has 0 aromatic carbocycles. The van der Waals surface area contributed by atoms with Crippen LogP contribution < -0.4 is 0 Å². The minimum atomic E-state index is 0.891. The molecule has 3 nitrogen and oxygen atoms in total. The Morgan fingerprint density at radius 3 is 3.00 bits per heavy atom. The van der Waals surface area contributed by atoms with E-state index in [2.05, 4.69) is 38.3 Å². The van der Waals surface area contributed by atoms with Crippen molar-refractivity contribution in [1.29, 1.82) is 0 Å². The van der Waals surface area contributed by atoms with E-state index in [1.54, 1.807) is 23.1 Å². The van der Waals surface area contributed by atoms with Gasteiger partial charge in [-0.2, -0.15) is 0 Å². The Morgan fingerprint density at radius 1 is 1.24 bits per heavy atom. The second-order valence-corrected chi connectivity index (χ2v) is 6.90. The van der Waals surface area contributed by atoms with E-state index < -0.39 is 0 Å². The van der Waals surface area contributed by atoms with Gasteiger partial charge in [-0.15, -0.1) is 21.5 Å². The molecule has 0 atom stereocenters. The molecule has 0 N–H and O–H groups in total. The van der Waals surface area contributed by atoms with Gasteiger partial charge < -0.3 is 0 Å². The SMILES string of the molecule is Brc1ccc(CSc2nnc3ccccn23)s1. The number of rotatable bonds is 3. The smallest absolute Gasteiger partial charge is 0.195 e. The number of fused-ring (bicyclic) bond motifs is 1. The van der Waals surface area contributed by atoms with Crippen molar-refractivity contribution >= 4 is 44.7 Å². The first-order valence-electron chi connectivity index (χ1n) is 5.00. The molecule has 3 heterocycles. The lowest BCUT2D eigenvalue weighted by Crippen LogP contribution is -1.86. The number of aromatic nitrogens is 3. The first-order valence-corrected chi connectivity index (χ1v) is 7.59. The molecule has 0 saturated heterocycles. The van der Waals surface area contributed by atoms with E-state index in [0.29, 0.717) is 0 Å². The Balaban J connectivity index is 1.81. The zero-order valence-corrected chi connectivity index (χ0v) is 11.9. The molecule has 3 rings (SSSR count). The van der Waals surface area contributed by atoms with Crippen LogP contribution in [0, 0.1) is 0 Å². The summed E-state index contributed by atoms with van der Waals surface area (Å²) in [4.78, 5) is 1.33. The highest BCUT2D eigenvalue weighted by Crippen LogP contribution is 2.28. The summed E-state index contributed by atoms with van der Waals surface area (Å²) in [7, 11) is 0. The lowest BCUT2D eigenvalue weighted by atomic mass is 10.5. The van der Waals surface area contributed by atoms with Crippen molar-refractivity contribution in [2.45, 2.75) is 10.9 Å². The number of pyridine rings is 1. The zero-order valence-electron chi connectivity index (χ0n) is 8.71. The molecule has 0 saturated carbocycles. The maximum Gasteiger partial charge on any atom is 0.195 e. The van der Waals surface area contributed by atoms with Crippen molar-refractivity contribution < 1.29 is 0 Å². The van der Waals surface area contributed by atoms with Gasteiger partial charge in [0, 0.05) is 16.8 Å². The van der Waals surface area contributed by atoms with Crippen LogP contribution >= 0.6 is 39.0 Å².